The highest BCUT2D eigenvalue weighted by Crippen LogP contribution is 2.12. The van der Waals surface area contributed by atoms with Crippen LogP contribution in [0.15, 0.2) is 59.5 Å². The zero-order valence-corrected chi connectivity index (χ0v) is 13.8. The van der Waals surface area contributed by atoms with Crippen LogP contribution in [0.4, 0.5) is 0 Å². The molecule has 1 atom stereocenters. The molecule has 0 amide bonds. The number of carbonyl (C=O) groups excluding carboxylic acids is 1. The first-order valence-electron chi connectivity index (χ1n) is 7.10. The number of benzene rings is 2. The maximum atomic E-state index is 12.4. The van der Waals surface area contributed by atoms with Gasteiger partial charge in [-0.3, -0.25) is 4.79 Å². The summed E-state index contributed by atoms with van der Waals surface area (Å²) >= 11 is 0. The standard InChI is InChI=1S/C17H16N2O4S/c1-23-17(20)16(11-13-6-5-7-14(10-13)12-18)19-24(21,22)15-8-3-2-4-9-15/h2-10,16,19H,11H2,1H3. The number of ether oxygens (including phenoxy) is 1. The molecule has 0 spiro atoms. The zero-order valence-electron chi connectivity index (χ0n) is 13.0. The highest BCUT2D eigenvalue weighted by atomic mass is 32.2. The van der Waals surface area contributed by atoms with E-state index in [1.54, 1.807) is 42.5 Å². The van der Waals surface area contributed by atoms with Crippen LogP contribution in [-0.2, 0) is 26.0 Å². The minimum atomic E-state index is -3.87. The van der Waals surface area contributed by atoms with Crippen molar-refractivity contribution in [2.75, 3.05) is 7.11 Å². The van der Waals surface area contributed by atoms with E-state index in [0.29, 0.717) is 11.1 Å². The van der Waals surface area contributed by atoms with E-state index < -0.39 is 22.0 Å². The Labute approximate surface area is 140 Å². The van der Waals surface area contributed by atoms with Crippen LogP contribution < -0.4 is 4.72 Å². The average molecular weight is 344 g/mol. The van der Waals surface area contributed by atoms with Gasteiger partial charge in [0.2, 0.25) is 10.0 Å². The van der Waals surface area contributed by atoms with E-state index in [4.69, 9.17) is 10.00 Å². The monoisotopic (exact) mass is 344 g/mol. The molecule has 24 heavy (non-hydrogen) atoms. The number of nitrogens with one attached hydrogen (secondary N) is 1. The van der Waals surface area contributed by atoms with E-state index in [9.17, 15) is 13.2 Å². The summed E-state index contributed by atoms with van der Waals surface area (Å²) < 4.78 is 31.9. The lowest BCUT2D eigenvalue weighted by atomic mass is 10.0. The van der Waals surface area contributed by atoms with Crippen molar-refractivity contribution in [3.05, 3.63) is 65.7 Å². The number of rotatable bonds is 6. The van der Waals surface area contributed by atoms with Crippen LogP contribution in [0.2, 0.25) is 0 Å². The van der Waals surface area contributed by atoms with Crippen molar-refractivity contribution in [3.63, 3.8) is 0 Å². The maximum absolute atomic E-state index is 12.4. The van der Waals surface area contributed by atoms with Crippen LogP contribution in [0.3, 0.4) is 0 Å². The van der Waals surface area contributed by atoms with Gasteiger partial charge in [0.05, 0.1) is 23.6 Å². The minimum Gasteiger partial charge on any atom is -0.468 e. The summed E-state index contributed by atoms with van der Waals surface area (Å²) in [6.45, 7) is 0. The molecule has 2 aromatic rings. The third-order valence-corrected chi connectivity index (χ3v) is 4.82. The van der Waals surface area contributed by atoms with E-state index in [0.717, 1.165) is 0 Å². The fraction of sp³-hybridized carbons (Fsp3) is 0.176. The van der Waals surface area contributed by atoms with Crippen LogP contribution in [0.25, 0.3) is 0 Å². The highest BCUT2D eigenvalue weighted by Gasteiger charge is 2.26. The molecule has 0 saturated carbocycles. The SMILES string of the molecule is COC(=O)C(Cc1cccc(C#N)c1)NS(=O)(=O)c1ccccc1. The second-order valence-electron chi connectivity index (χ2n) is 5.03. The second kappa shape index (κ2) is 7.73. The van der Waals surface area contributed by atoms with Gasteiger partial charge in [0, 0.05) is 0 Å². The number of esters is 1. The Morgan fingerprint density at radius 1 is 1.21 bits per heavy atom. The van der Waals surface area contributed by atoms with Crippen molar-refractivity contribution < 1.29 is 17.9 Å². The lowest BCUT2D eigenvalue weighted by Crippen LogP contribution is -2.42. The Morgan fingerprint density at radius 2 is 1.92 bits per heavy atom. The number of methoxy groups -OCH3 is 1. The summed E-state index contributed by atoms with van der Waals surface area (Å²) in [5, 5.41) is 8.93. The normalized spacial score (nSPS) is 12.2. The second-order valence-corrected chi connectivity index (χ2v) is 6.74. The highest BCUT2D eigenvalue weighted by molar-refractivity contribution is 7.89. The molecule has 0 aromatic heterocycles. The van der Waals surface area contributed by atoms with Crippen molar-refractivity contribution in [2.45, 2.75) is 17.4 Å². The molecule has 0 aliphatic carbocycles. The fourth-order valence-electron chi connectivity index (χ4n) is 2.17. The minimum absolute atomic E-state index is 0.0599. The molecule has 0 bridgehead atoms. The van der Waals surface area contributed by atoms with Gasteiger partial charge < -0.3 is 4.74 Å². The number of nitrogens with zero attached hydrogens (tertiary/aromatic N) is 1. The van der Waals surface area contributed by atoms with Crippen molar-refractivity contribution in [3.8, 4) is 6.07 Å². The smallest absolute Gasteiger partial charge is 0.324 e. The Kier molecular flexibility index (Phi) is 5.68. The first-order valence-corrected chi connectivity index (χ1v) is 8.59. The van der Waals surface area contributed by atoms with Gasteiger partial charge in [0.1, 0.15) is 6.04 Å². The van der Waals surface area contributed by atoms with E-state index in [2.05, 4.69) is 4.72 Å². The molecule has 2 aromatic carbocycles. The molecule has 124 valence electrons. The van der Waals surface area contributed by atoms with Crippen LogP contribution in [0, 0.1) is 11.3 Å². The van der Waals surface area contributed by atoms with Gasteiger partial charge in [-0.15, -0.1) is 0 Å². The molecular weight excluding hydrogens is 328 g/mol. The average Bonchev–Trinajstić information content (AvgIpc) is 2.61. The largest absolute Gasteiger partial charge is 0.468 e. The molecule has 2 rings (SSSR count). The molecule has 1 N–H and O–H groups in total. The fourth-order valence-corrected chi connectivity index (χ4v) is 3.38. The Balaban J connectivity index is 2.26. The van der Waals surface area contributed by atoms with E-state index >= 15 is 0 Å². The number of hydrogen-bond acceptors (Lipinski definition) is 5. The molecule has 0 fully saturated rings. The Morgan fingerprint density at radius 3 is 2.54 bits per heavy atom. The first-order chi connectivity index (χ1) is 11.5. The Hall–Kier alpha value is -2.69. The molecular formula is C17H16N2O4S. The molecule has 6 nitrogen and oxygen atoms in total. The lowest BCUT2D eigenvalue weighted by Gasteiger charge is -2.17. The Bertz CT molecular complexity index is 858. The lowest BCUT2D eigenvalue weighted by molar-refractivity contribution is -0.142. The van der Waals surface area contributed by atoms with Gasteiger partial charge in [0.25, 0.3) is 0 Å². The number of sulfonamides is 1. The van der Waals surface area contributed by atoms with Gasteiger partial charge in [-0.1, -0.05) is 30.3 Å². The van der Waals surface area contributed by atoms with Crippen LogP contribution in [-0.4, -0.2) is 27.5 Å². The van der Waals surface area contributed by atoms with Gasteiger partial charge in [-0.2, -0.15) is 9.98 Å². The number of nitriles is 1. The molecule has 7 heteroatoms. The predicted molar refractivity (Wildman–Crippen MR) is 87.4 cm³/mol. The summed E-state index contributed by atoms with van der Waals surface area (Å²) in [5.74, 6) is -0.697. The molecule has 0 aliphatic heterocycles. The van der Waals surface area contributed by atoms with Crippen molar-refractivity contribution in [1.29, 1.82) is 5.26 Å². The topological polar surface area (TPSA) is 96.3 Å². The summed E-state index contributed by atoms with van der Waals surface area (Å²) in [6, 6.07) is 15.3. The van der Waals surface area contributed by atoms with E-state index in [1.165, 1.54) is 19.2 Å². The van der Waals surface area contributed by atoms with Gasteiger partial charge in [0.15, 0.2) is 0 Å². The van der Waals surface area contributed by atoms with Crippen LogP contribution in [0.5, 0.6) is 0 Å². The third-order valence-electron chi connectivity index (χ3n) is 3.33. The molecule has 0 saturated heterocycles. The van der Waals surface area contributed by atoms with Crippen molar-refractivity contribution in [1.82, 2.24) is 4.72 Å². The molecule has 1 unspecified atom stereocenters. The summed E-state index contributed by atoms with van der Waals surface area (Å²) in [5.41, 5.74) is 1.09. The van der Waals surface area contributed by atoms with Crippen LogP contribution >= 0.6 is 0 Å². The molecule has 0 radical (unpaired) electrons. The van der Waals surface area contributed by atoms with Gasteiger partial charge in [-0.05, 0) is 36.2 Å². The maximum Gasteiger partial charge on any atom is 0.324 e. The molecule has 0 aliphatic rings. The van der Waals surface area contributed by atoms with Gasteiger partial charge in [-0.25, -0.2) is 8.42 Å². The summed E-state index contributed by atoms with van der Waals surface area (Å²) in [7, 11) is -2.67. The molecule has 0 heterocycles. The van der Waals surface area contributed by atoms with Crippen LogP contribution in [0.1, 0.15) is 11.1 Å². The number of carbonyl (C=O) groups is 1. The third kappa shape index (κ3) is 4.41. The first kappa shape index (κ1) is 17.7. The predicted octanol–water partition coefficient (Wildman–Crippen LogP) is 1.62. The van der Waals surface area contributed by atoms with E-state index in [1.807, 2.05) is 6.07 Å². The zero-order chi connectivity index (χ0) is 17.6. The van der Waals surface area contributed by atoms with Crippen molar-refractivity contribution in [2.24, 2.45) is 0 Å². The van der Waals surface area contributed by atoms with Crippen molar-refractivity contribution >= 4 is 16.0 Å². The summed E-state index contributed by atoms with van der Waals surface area (Å²) in [6.07, 6.45) is 0.0776. The van der Waals surface area contributed by atoms with Gasteiger partial charge >= 0.3 is 5.97 Å². The van der Waals surface area contributed by atoms with E-state index in [-0.39, 0.29) is 11.3 Å². The number of hydrogen-bond donors (Lipinski definition) is 1. The quantitative estimate of drug-likeness (QED) is 0.803. The summed E-state index contributed by atoms with van der Waals surface area (Å²) in [4.78, 5) is 12.0.